The molecular weight excluding hydrogens is 204 g/mol. The van der Waals surface area contributed by atoms with Gasteiger partial charge in [-0.05, 0) is 19.8 Å². The average molecular weight is 222 g/mol. The molecule has 0 bridgehead atoms. The molecule has 1 heterocycles. The Hall–Kier alpha value is -1.36. The van der Waals surface area contributed by atoms with Gasteiger partial charge in [-0.2, -0.15) is 0 Å². The highest BCUT2D eigenvalue weighted by Crippen LogP contribution is 2.28. The number of nitrogens with two attached hydrogens (primary N) is 1. The Morgan fingerprint density at radius 1 is 1.50 bits per heavy atom. The zero-order valence-electron chi connectivity index (χ0n) is 9.48. The first-order valence-corrected chi connectivity index (χ1v) is 5.67. The number of nitrogen functional groups attached to an aromatic ring is 1. The lowest BCUT2D eigenvalue weighted by molar-refractivity contribution is 0.222. The molecule has 0 saturated heterocycles. The fourth-order valence-electron chi connectivity index (χ4n) is 2.23. The van der Waals surface area contributed by atoms with Crippen LogP contribution in [0.1, 0.15) is 24.8 Å². The molecule has 4 N–H and O–H groups in total. The van der Waals surface area contributed by atoms with Crippen LogP contribution in [0.2, 0.25) is 0 Å². The molecule has 1 aromatic heterocycles. The van der Waals surface area contributed by atoms with E-state index >= 15 is 0 Å². The van der Waals surface area contributed by atoms with Crippen molar-refractivity contribution in [2.75, 3.05) is 17.7 Å². The molecular formula is C11H18N4O. The quantitative estimate of drug-likeness (QED) is 0.709. The predicted molar refractivity (Wildman–Crippen MR) is 63.0 cm³/mol. The first kappa shape index (κ1) is 11.1. The third kappa shape index (κ3) is 2.09. The molecule has 5 nitrogen and oxygen atoms in total. The molecule has 1 saturated carbocycles. The van der Waals surface area contributed by atoms with Gasteiger partial charge in [-0.3, -0.25) is 0 Å². The van der Waals surface area contributed by atoms with E-state index in [1.54, 1.807) is 0 Å². The van der Waals surface area contributed by atoms with Crippen LogP contribution in [-0.2, 0) is 0 Å². The summed E-state index contributed by atoms with van der Waals surface area (Å²) in [5.74, 6) is 1.63. The van der Waals surface area contributed by atoms with E-state index in [0.717, 1.165) is 30.6 Å². The zero-order valence-corrected chi connectivity index (χ0v) is 9.48. The van der Waals surface area contributed by atoms with Gasteiger partial charge in [0.15, 0.2) is 0 Å². The topological polar surface area (TPSA) is 84.1 Å². The van der Waals surface area contributed by atoms with Crippen LogP contribution in [0.4, 0.5) is 11.6 Å². The molecule has 2 rings (SSSR count). The van der Waals surface area contributed by atoms with Crippen LogP contribution in [0.15, 0.2) is 6.33 Å². The molecule has 0 amide bonds. The Labute approximate surface area is 95.1 Å². The SMILES string of the molecule is Cc1c(N)ncnc1NC1CCCC1CO. The maximum Gasteiger partial charge on any atom is 0.134 e. The van der Waals surface area contributed by atoms with E-state index in [-0.39, 0.29) is 6.61 Å². The molecule has 1 aliphatic rings. The van der Waals surface area contributed by atoms with Crippen molar-refractivity contribution >= 4 is 11.6 Å². The number of anilines is 2. The van der Waals surface area contributed by atoms with E-state index in [0.29, 0.717) is 17.8 Å². The van der Waals surface area contributed by atoms with Gasteiger partial charge in [0.05, 0.1) is 0 Å². The Kier molecular flexibility index (Phi) is 3.24. The second-order valence-electron chi connectivity index (χ2n) is 4.36. The minimum absolute atomic E-state index is 0.233. The summed E-state index contributed by atoms with van der Waals surface area (Å²) >= 11 is 0. The Morgan fingerprint density at radius 2 is 2.31 bits per heavy atom. The number of nitrogens with one attached hydrogen (secondary N) is 1. The van der Waals surface area contributed by atoms with Crippen LogP contribution in [-0.4, -0.2) is 27.7 Å². The van der Waals surface area contributed by atoms with E-state index in [2.05, 4.69) is 15.3 Å². The average Bonchev–Trinajstić information content (AvgIpc) is 2.72. The van der Waals surface area contributed by atoms with E-state index in [1.807, 2.05) is 6.92 Å². The van der Waals surface area contributed by atoms with Crippen LogP contribution in [0.5, 0.6) is 0 Å². The third-order valence-corrected chi connectivity index (χ3v) is 3.34. The molecule has 2 unspecified atom stereocenters. The number of aliphatic hydroxyl groups is 1. The lowest BCUT2D eigenvalue weighted by Crippen LogP contribution is -2.27. The van der Waals surface area contributed by atoms with Crippen molar-refractivity contribution in [3.8, 4) is 0 Å². The first-order chi connectivity index (χ1) is 7.72. The van der Waals surface area contributed by atoms with Crippen molar-refractivity contribution in [1.82, 2.24) is 9.97 Å². The summed E-state index contributed by atoms with van der Waals surface area (Å²) in [5, 5.41) is 12.6. The van der Waals surface area contributed by atoms with Gasteiger partial charge >= 0.3 is 0 Å². The van der Waals surface area contributed by atoms with Gasteiger partial charge in [-0.25, -0.2) is 9.97 Å². The smallest absolute Gasteiger partial charge is 0.134 e. The van der Waals surface area contributed by atoms with Crippen LogP contribution < -0.4 is 11.1 Å². The van der Waals surface area contributed by atoms with E-state index < -0.39 is 0 Å². The summed E-state index contributed by atoms with van der Waals surface area (Å²) in [6, 6.07) is 0.304. The van der Waals surface area contributed by atoms with Crippen LogP contribution in [0.25, 0.3) is 0 Å². The Bertz CT molecular complexity index is 369. The minimum Gasteiger partial charge on any atom is -0.396 e. The first-order valence-electron chi connectivity index (χ1n) is 5.67. The van der Waals surface area contributed by atoms with Crippen molar-refractivity contribution in [3.05, 3.63) is 11.9 Å². The fourth-order valence-corrected chi connectivity index (χ4v) is 2.23. The summed E-state index contributed by atoms with van der Waals surface area (Å²) < 4.78 is 0. The lowest BCUT2D eigenvalue weighted by atomic mass is 10.1. The molecule has 16 heavy (non-hydrogen) atoms. The van der Waals surface area contributed by atoms with Crippen LogP contribution in [0.3, 0.4) is 0 Å². The second-order valence-corrected chi connectivity index (χ2v) is 4.36. The molecule has 0 spiro atoms. The van der Waals surface area contributed by atoms with Gasteiger partial charge in [0.25, 0.3) is 0 Å². The molecule has 1 aromatic rings. The van der Waals surface area contributed by atoms with E-state index in [9.17, 15) is 5.11 Å². The highest BCUT2D eigenvalue weighted by Gasteiger charge is 2.27. The summed E-state index contributed by atoms with van der Waals surface area (Å²) in [4.78, 5) is 8.12. The predicted octanol–water partition coefficient (Wildman–Crippen LogP) is 0.940. The third-order valence-electron chi connectivity index (χ3n) is 3.34. The van der Waals surface area contributed by atoms with Gasteiger partial charge < -0.3 is 16.2 Å². The molecule has 2 atom stereocenters. The number of aliphatic hydroxyl groups excluding tert-OH is 1. The van der Waals surface area contributed by atoms with Crippen molar-refractivity contribution in [1.29, 1.82) is 0 Å². The largest absolute Gasteiger partial charge is 0.396 e. The zero-order chi connectivity index (χ0) is 11.5. The number of hydrogen-bond donors (Lipinski definition) is 3. The highest BCUT2D eigenvalue weighted by molar-refractivity contribution is 5.54. The summed E-state index contributed by atoms with van der Waals surface area (Å²) in [6.45, 7) is 2.14. The van der Waals surface area contributed by atoms with Gasteiger partial charge in [-0.15, -0.1) is 0 Å². The van der Waals surface area contributed by atoms with Crippen molar-refractivity contribution in [2.45, 2.75) is 32.2 Å². The number of aromatic nitrogens is 2. The Balaban J connectivity index is 2.11. The molecule has 88 valence electrons. The maximum atomic E-state index is 9.24. The normalized spacial score (nSPS) is 24.6. The maximum absolute atomic E-state index is 9.24. The van der Waals surface area contributed by atoms with Crippen molar-refractivity contribution in [3.63, 3.8) is 0 Å². The number of hydrogen-bond acceptors (Lipinski definition) is 5. The molecule has 0 aliphatic heterocycles. The summed E-state index contributed by atoms with van der Waals surface area (Å²) in [7, 11) is 0. The Morgan fingerprint density at radius 3 is 3.06 bits per heavy atom. The van der Waals surface area contributed by atoms with Crippen molar-refractivity contribution < 1.29 is 5.11 Å². The highest BCUT2D eigenvalue weighted by atomic mass is 16.3. The lowest BCUT2D eigenvalue weighted by Gasteiger charge is -2.20. The molecule has 1 fully saturated rings. The molecule has 1 aliphatic carbocycles. The monoisotopic (exact) mass is 222 g/mol. The number of nitrogens with zero attached hydrogens (tertiary/aromatic N) is 2. The molecule has 5 heteroatoms. The van der Waals surface area contributed by atoms with Gasteiger partial charge in [0.2, 0.25) is 0 Å². The standard InChI is InChI=1S/C11H18N4O/c1-7-10(12)13-6-14-11(7)15-9-4-2-3-8(9)5-16/h6,8-9,16H,2-5H2,1H3,(H3,12,13,14,15). The van der Waals surface area contributed by atoms with Crippen LogP contribution in [0, 0.1) is 12.8 Å². The number of rotatable bonds is 3. The van der Waals surface area contributed by atoms with E-state index in [1.165, 1.54) is 6.33 Å². The molecule has 0 aromatic carbocycles. The fraction of sp³-hybridized carbons (Fsp3) is 0.636. The molecule has 0 radical (unpaired) electrons. The van der Waals surface area contributed by atoms with Gasteiger partial charge in [0, 0.05) is 24.1 Å². The van der Waals surface area contributed by atoms with Gasteiger partial charge in [-0.1, -0.05) is 6.42 Å². The van der Waals surface area contributed by atoms with Gasteiger partial charge in [0.1, 0.15) is 18.0 Å². The minimum atomic E-state index is 0.233. The second kappa shape index (κ2) is 4.65. The summed E-state index contributed by atoms with van der Waals surface area (Å²) in [6.07, 6.45) is 4.78. The summed E-state index contributed by atoms with van der Waals surface area (Å²) in [5.41, 5.74) is 6.60. The van der Waals surface area contributed by atoms with Crippen molar-refractivity contribution in [2.24, 2.45) is 5.92 Å². The van der Waals surface area contributed by atoms with E-state index in [4.69, 9.17) is 5.73 Å². The van der Waals surface area contributed by atoms with Crippen LogP contribution >= 0.6 is 0 Å².